The highest BCUT2D eigenvalue weighted by Gasteiger charge is 2.53. The summed E-state index contributed by atoms with van der Waals surface area (Å²) in [6.07, 6.45) is -24.4. The Kier molecular flexibility index (Phi) is 9.35. The second kappa shape index (κ2) is 11.5. The zero-order chi connectivity index (χ0) is 26.2. The Morgan fingerprint density at radius 3 is 1.83 bits per heavy atom. The van der Waals surface area contributed by atoms with Gasteiger partial charge in [0, 0.05) is 0 Å². The van der Waals surface area contributed by atoms with Crippen LogP contribution in [0.3, 0.4) is 0 Å². The van der Waals surface area contributed by atoms with Crippen LogP contribution in [0.1, 0.15) is 0 Å². The van der Waals surface area contributed by atoms with Gasteiger partial charge in [-0.05, 0) is 0 Å². The molecule has 3 aliphatic rings. The molecule has 3 saturated heterocycles. The Hall–Kier alpha value is -1.13. The zero-order valence-electron chi connectivity index (χ0n) is 18.1. The van der Waals surface area contributed by atoms with Gasteiger partial charge < -0.3 is 80.5 Å². The molecule has 17 nitrogen and oxygen atoms in total. The Balaban J connectivity index is 1.74. The van der Waals surface area contributed by atoms with Crippen molar-refractivity contribution in [1.82, 2.24) is 0 Å². The summed E-state index contributed by atoms with van der Waals surface area (Å²) in [6.45, 7) is -1.58. The lowest BCUT2D eigenvalue weighted by molar-refractivity contribution is -0.361. The number of nitrogens with two attached hydrogens (primary N) is 1. The van der Waals surface area contributed by atoms with Gasteiger partial charge in [0.25, 0.3) is 0 Å². The first kappa shape index (κ1) is 28.4. The lowest BCUT2D eigenvalue weighted by Crippen LogP contribution is -2.68. The average molecular weight is 517 g/mol. The molecule has 12 N–H and O–H groups in total. The van der Waals surface area contributed by atoms with Crippen LogP contribution >= 0.6 is 0 Å². The van der Waals surface area contributed by atoms with Crippen LogP contribution in [-0.2, 0) is 28.5 Å². The van der Waals surface area contributed by atoms with E-state index in [2.05, 4.69) is 0 Å². The first-order valence-corrected chi connectivity index (χ1v) is 10.7. The van der Waals surface area contributed by atoms with Gasteiger partial charge in [0.1, 0.15) is 61.0 Å². The number of aliphatic carboxylic acids is 1. The van der Waals surface area contributed by atoms with Gasteiger partial charge in [-0.15, -0.1) is 0 Å². The van der Waals surface area contributed by atoms with Crippen molar-refractivity contribution in [1.29, 1.82) is 0 Å². The zero-order valence-corrected chi connectivity index (χ0v) is 18.1. The van der Waals surface area contributed by atoms with Gasteiger partial charge in [0.2, 0.25) is 0 Å². The fraction of sp³-hybridized carbons (Fsp3) is 0.944. The fourth-order valence-corrected chi connectivity index (χ4v) is 4.07. The minimum absolute atomic E-state index is 0.746. The van der Waals surface area contributed by atoms with E-state index in [-0.39, 0.29) is 0 Å². The van der Waals surface area contributed by atoms with Crippen molar-refractivity contribution in [3.8, 4) is 0 Å². The Morgan fingerprint density at radius 1 is 0.686 bits per heavy atom. The minimum atomic E-state index is -2.03. The number of ether oxygens (including phenoxy) is 5. The number of carboxylic acids is 1. The molecular weight excluding hydrogens is 486 g/mol. The predicted octanol–water partition coefficient (Wildman–Crippen LogP) is -7.51. The molecule has 15 atom stereocenters. The van der Waals surface area contributed by atoms with E-state index in [4.69, 9.17) is 29.4 Å². The van der Waals surface area contributed by atoms with Gasteiger partial charge >= 0.3 is 5.97 Å². The third-order valence-electron chi connectivity index (χ3n) is 6.14. The van der Waals surface area contributed by atoms with Gasteiger partial charge in [0.05, 0.1) is 19.3 Å². The maximum Gasteiger partial charge on any atom is 0.335 e. The fourth-order valence-electron chi connectivity index (χ4n) is 4.07. The topological polar surface area (TPSA) is 292 Å². The van der Waals surface area contributed by atoms with Gasteiger partial charge in [0.15, 0.2) is 25.0 Å². The largest absolute Gasteiger partial charge is 0.479 e. The molecule has 0 aliphatic carbocycles. The lowest BCUT2D eigenvalue weighted by atomic mass is 9.95. The number of hydrogen-bond donors (Lipinski definition) is 11. The van der Waals surface area contributed by atoms with Crippen molar-refractivity contribution in [2.45, 2.75) is 92.1 Å². The molecule has 0 aromatic heterocycles. The molecule has 0 saturated carbocycles. The maximum absolute atomic E-state index is 11.5. The molecule has 3 fully saturated rings. The maximum atomic E-state index is 11.5. The van der Waals surface area contributed by atoms with E-state index in [0.29, 0.717) is 0 Å². The Morgan fingerprint density at radius 2 is 1.26 bits per heavy atom. The van der Waals surface area contributed by atoms with Crippen LogP contribution in [0, 0.1) is 0 Å². The molecule has 3 aliphatic heterocycles. The molecule has 0 amide bonds. The standard InChI is InChI=1S/C18H31NO16/c19-5-7(23)12(34-18-11(27)8(24)6(22)3(1-20)31-18)4(2-21)32-17(5)35-13-9(25)10(26)16(30)33-14(13)15(28)29/h3-14,16-18,20-27,30H,1-2,19H2,(H,28,29)/t3-,4-,5-,6+,7-,8+,9-,10-,11-,12-,13+,14+,16+,17-,18+/m1/s1. The third kappa shape index (κ3) is 5.59. The van der Waals surface area contributed by atoms with Crippen LogP contribution in [-0.4, -0.2) is 162 Å². The van der Waals surface area contributed by atoms with Crippen molar-refractivity contribution in [2.24, 2.45) is 5.73 Å². The number of hydrogen-bond acceptors (Lipinski definition) is 16. The average Bonchev–Trinajstić information content (AvgIpc) is 2.83. The van der Waals surface area contributed by atoms with E-state index in [9.17, 15) is 55.9 Å². The Bertz CT molecular complexity index is 712. The number of carbonyl (C=O) groups is 1. The number of aliphatic hydroxyl groups is 9. The SMILES string of the molecule is N[C@H]1[C@@H](O[C@H]2[C@H](O)[C@@H](O)[C@@H](O)O[C@@H]2C(=O)O)O[C@H](CO)[C@@H](O[C@@H]2O[C@H](CO)[C@H](O)[C@H](O)[C@H]2O)[C@@H]1O. The van der Waals surface area contributed by atoms with E-state index in [1.807, 2.05) is 0 Å². The lowest BCUT2D eigenvalue weighted by Gasteiger charge is -2.48. The molecule has 35 heavy (non-hydrogen) atoms. The summed E-state index contributed by atoms with van der Waals surface area (Å²) in [6, 6.07) is -1.53. The summed E-state index contributed by atoms with van der Waals surface area (Å²) < 4.78 is 26.3. The Labute approximate surface area is 197 Å². The van der Waals surface area contributed by atoms with E-state index >= 15 is 0 Å². The molecule has 3 heterocycles. The highest BCUT2D eigenvalue weighted by atomic mass is 16.7. The van der Waals surface area contributed by atoms with Gasteiger partial charge in [-0.1, -0.05) is 0 Å². The first-order chi connectivity index (χ1) is 16.4. The van der Waals surface area contributed by atoms with Gasteiger partial charge in [-0.3, -0.25) is 0 Å². The highest BCUT2D eigenvalue weighted by Crippen LogP contribution is 2.31. The van der Waals surface area contributed by atoms with Crippen LogP contribution < -0.4 is 5.73 Å². The summed E-state index contributed by atoms with van der Waals surface area (Å²) in [5.74, 6) is -1.66. The van der Waals surface area contributed by atoms with Crippen LogP contribution in [0.4, 0.5) is 0 Å². The molecule has 0 bridgehead atoms. The summed E-state index contributed by atoms with van der Waals surface area (Å²) in [5, 5.41) is 98.6. The van der Waals surface area contributed by atoms with Gasteiger partial charge in [-0.2, -0.15) is 0 Å². The van der Waals surface area contributed by atoms with Crippen molar-refractivity contribution < 1.29 is 79.5 Å². The van der Waals surface area contributed by atoms with Crippen molar-refractivity contribution in [3.05, 3.63) is 0 Å². The van der Waals surface area contributed by atoms with E-state index in [0.717, 1.165) is 0 Å². The first-order valence-electron chi connectivity index (χ1n) is 10.7. The number of carboxylic acid groups (broad SMARTS) is 1. The molecule has 204 valence electrons. The van der Waals surface area contributed by atoms with E-state index in [1.54, 1.807) is 0 Å². The second-order valence-electron chi connectivity index (χ2n) is 8.46. The van der Waals surface area contributed by atoms with Gasteiger partial charge in [-0.25, -0.2) is 4.79 Å². The van der Waals surface area contributed by atoms with Crippen LogP contribution in [0.25, 0.3) is 0 Å². The van der Waals surface area contributed by atoms with E-state index < -0.39 is 111 Å². The smallest absolute Gasteiger partial charge is 0.335 e. The normalized spacial score (nSPS) is 51.2. The third-order valence-corrected chi connectivity index (χ3v) is 6.14. The second-order valence-corrected chi connectivity index (χ2v) is 8.46. The van der Waals surface area contributed by atoms with Crippen LogP contribution in [0.2, 0.25) is 0 Å². The summed E-state index contributed by atoms with van der Waals surface area (Å²) >= 11 is 0. The molecule has 0 unspecified atom stereocenters. The summed E-state index contributed by atoms with van der Waals surface area (Å²) in [5.41, 5.74) is 5.94. The quantitative estimate of drug-likeness (QED) is 0.149. The number of aliphatic hydroxyl groups excluding tert-OH is 9. The van der Waals surface area contributed by atoms with Crippen molar-refractivity contribution in [2.75, 3.05) is 13.2 Å². The van der Waals surface area contributed by atoms with Crippen LogP contribution in [0.15, 0.2) is 0 Å². The predicted molar refractivity (Wildman–Crippen MR) is 104 cm³/mol. The molecular formula is C18H31NO16. The minimum Gasteiger partial charge on any atom is -0.479 e. The van der Waals surface area contributed by atoms with Crippen molar-refractivity contribution >= 4 is 5.97 Å². The van der Waals surface area contributed by atoms with E-state index in [1.165, 1.54) is 0 Å². The molecule has 0 aromatic carbocycles. The summed E-state index contributed by atoms with van der Waals surface area (Å²) in [7, 11) is 0. The molecule has 0 aromatic rings. The number of rotatable bonds is 7. The highest BCUT2D eigenvalue weighted by molar-refractivity contribution is 5.73. The molecule has 3 rings (SSSR count). The van der Waals surface area contributed by atoms with Crippen LogP contribution in [0.5, 0.6) is 0 Å². The molecule has 17 heteroatoms. The summed E-state index contributed by atoms with van der Waals surface area (Å²) in [4.78, 5) is 11.5. The van der Waals surface area contributed by atoms with Crippen molar-refractivity contribution in [3.63, 3.8) is 0 Å². The monoisotopic (exact) mass is 517 g/mol. The molecule has 0 spiro atoms. The molecule has 0 radical (unpaired) electrons.